The molecular formula is C22H24F3N3O3S. The zero-order valence-electron chi connectivity index (χ0n) is 17.6. The fourth-order valence-corrected chi connectivity index (χ4v) is 5.23. The second-order valence-electron chi connectivity index (χ2n) is 8.16. The van der Waals surface area contributed by atoms with E-state index >= 15 is 0 Å². The summed E-state index contributed by atoms with van der Waals surface area (Å²) in [6, 6.07) is 8.08. The second kappa shape index (κ2) is 8.31. The molecule has 0 aromatic heterocycles. The number of carbonyl (C=O) groups excluding carboxylic acids is 1. The van der Waals surface area contributed by atoms with Gasteiger partial charge in [0.05, 0.1) is 28.9 Å². The molecule has 1 fully saturated rings. The van der Waals surface area contributed by atoms with Gasteiger partial charge < -0.3 is 10.2 Å². The number of carbonyl (C=O) groups is 1. The molecule has 6 nitrogen and oxygen atoms in total. The highest BCUT2D eigenvalue weighted by Crippen LogP contribution is 2.37. The monoisotopic (exact) mass is 467 g/mol. The minimum Gasteiger partial charge on any atom is -0.370 e. The number of nitrogens with zero attached hydrogens (tertiary/aromatic N) is 2. The van der Waals surface area contributed by atoms with E-state index in [1.54, 1.807) is 12.1 Å². The van der Waals surface area contributed by atoms with Gasteiger partial charge in [0, 0.05) is 25.2 Å². The minimum absolute atomic E-state index is 0.116. The molecule has 1 saturated heterocycles. The molecule has 2 heterocycles. The van der Waals surface area contributed by atoms with E-state index in [1.165, 1.54) is 16.4 Å². The Bertz CT molecular complexity index is 1140. The van der Waals surface area contributed by atoms with Crippen molar-refractivity contribution < 1.29 is 26.4 Å². The molecule has 4 rings (SSSR count). The van der Waals surface area contributed by atoms with Crippen molar-refractivity contribution in [1.82, 2.24) is 0 Å². The molecule has 0 radical (unpaired) electrons. The molecule has 1 N–H and O–H groups in total. The number of alkyl halides is 3. The van der Waals surface area contributed by atoms with Gasteiger partial charge in [0.2, 0.25) is 10.0 Å². The molecule has 1 amide bonds. The number of hydrogen-bond acceptors (Lipinski definition) is 4. The number of piperidine rings is 1. The normalized spacial score (nSPS) is 16.8. The van der Waals surface area contributed by atoms with Gasteiger partial charge in [0.1, 0.15) is 0 Å². The highest BCUT2D eigenvalue weighted by atomic mass is 32.2. The predicted molar refractivity (Wildman–Crippen MR) is 118 cm³/mol. The van der Waals surface area contributed by atoms with E-state index in [4.69, 9.17) is 0 Å². The van der Waals surface area contributed by atoms with Gasteiger partial charge in [-0.1, -0.05) is 0 Å². The molecule has 0 saturated carbocycles. The van der Waals surface area contributed by atoms with Gasteiger partial charge in [0.25, 0.3) is 5.91 Å². The molecule has 0 bridgehead atoms. The Labute approximate surface area is 185 Å². The number of halogens is 3. The third kappa shape index (κ3) is 4.55. The first-order chi connectivity index (χ1) is 15.0. The molecule has 2 aromatic carbocycles. The lowest BCUT2D eigenvalue weighted by molar-refractivity contribution is -0.137. The van der Waals surface area contributed by atoms with Crippen LogP contribution in [-0.4, -0.2) is 40.2 Å². The third-order valence-corrected chi connectivity index (χ3v) is 7.04. The fourth-order valence-electron chi connectivity index (χ4n) is 4.27. The van der Waals surface area contributed by atoms with E-state index in [-0.39, 0.29) is 11.3 Å². The molecule has 2 aliphatic rings. The fraction of sp³-hybridized carbons (Fsp3) is 0.409. The van der Waals surface area contributed by atoms with Crippen LogP contribution in [0.5, 0.6) is 0 Å². The summed E-state index contributed by atoms with van der Waals surface area (Å²) in [5, 5.41) is 2.66. The number of anilines is 3. The van der Waals surface area contributed by atoms with E-state index in [9.17, 15) is 26.4 Å². The van der Waals surface area contributed by atoms with Crippen LogP contribution in [0.15, 0.2) is 36.4 Å². The van der Waals surface area contributed by atoms with Crippen LogP contribution in [0.25, 0.3) is 0 Å². The Hall–Kier alpha value is -2.75. The smallest absolute Gasteiger partial charge is 0.370 e. The van der Waals surface area contributed by atoms with Crippen molar-refractivity contribution in [3.63, 3.8) is 0 Å². The average molecular weight is 468 g/mol. The molecule has 0 spiro atoms. The maximum Gasteiger partial charge on any atom is 0.416 e. The Morgan fingerprint density at radius 2 is 1.66 bits per heavy atom. The van der Waals surface area contributed by atoms with Crippen molar-refractivity contribution in [2.45, 2.75) is 31.9 Å². The van der Waals surface area contributed by atoms with Gasteiger partial charge in [-0.2, -0.15) is 13.2 Å². The quantitative estimate of drug-likeness (QED) is 0.729. The maximum atomic E-state index is 13.3. The molecule has 0 aliphatic carbocycles. The lowest BCUT2D eigenvalue weighted by Gasteiger charge is -2.31. The molecule has 10 heteroatoms. The average Bonchev–Trinajstić information content (AvgIpc) is 3.17. The van der Waals surface area contributed by atoms with Crippen LogP contribution in [0.4, 0.5) is 30.2 Å². The van der Waals surface area contributed by atoms with Crippen LogP contribution in [-0.2, 0) is 22.6 Å². The van der Waals surface area contributed by atoms with Crippen LogP contribution < -0.4 is 14.5 Å². The molecule has 2 aromatic rings. The summed E-state index contributed by atoms with van der Waals surface area (Å²) in [7, 11) is -3.41. The molecule has 0 atom stereocenters. The SMILES string of the molecule is CS(=O)(=O)N1CCc2cc(C(=O)Nc3cc(C(F)(F)F)ccc3N3CCCCC3)ccc21. The number of sulfonamides is 1. The second-order valence-corrected chi connectivity index (χ2v) is 10.1. The molecular weight excluding hydrogens is 443 g/mol. The third-order valence-electron chi connectivity index (χ3n) is 5.86. The number of nitrogens with one attached hydrogen (secondary N) is 1. The van der Waals surface area contributed by atoms with Gasteiger partial charge >= 0.3 is 6.18 Å². The first-order valence-electron chi connectivity index (χ1n) is 10.4. The van der Waals surface area contributed by atoms with E-state index in [2.05, 4.69) is 5.32 Å². The Balaban J connectivity index is 1.64. The number of amides is 1. The lowest BCUT2D eigenvalue weighted by Crippen LogP contribution is -2.30. The van der Waals surface area contributed by atoms with Crippen LogP contribution in [0.3, 0.4) is 0 Å². The summed E-state index contributed by atoms with van der Waals surface area (Å²) >= 11 is 0. The Morgan fingerprint density at radius 1 is 0.969 bits per heavy atom. The van der Waals surface area contributed by atoms with Crippen molar-refractivity contribution in [2.75, 3.05) is 40.4 Å². The largest absolute Gasteiger partial charge is 0.416 e. The summed E-state index contributed by atoms with van der Waals surface area (Å²) in [6.45, 7) is 1.73. The van der Waals surface area contributed by atoms with Gasteiger partial charge in [-0.25, -0.2) is 8.42 Å². The van der Waals surface area contributed by atoms with Gasteiger partial charge in [-0.15, -0.1) is 0 Å². The van der Waals surface area contributed by atoms with Crippen molar-refractivity contribution >= 4 is 33.0 Å². The number of fused-ring (bicyclic) bond motifs is 1. The summed E-state index contributed by atoms with van der Waals surface area (Å²) in [5.41, 5.74) is 1.35. The molecule has 2 aliphatic heterocycles. The zero-order chi connectivity index (χ0) is 23.1. The predicted octanol–water partition coefficient (Wildman–Crippen LogP) is 4.27. The van der Waals surface area contributed by atoms with Gasteiger partial charge in [0.15, 0.2) is 0 Å². The lowest BCUT2D eigenvalue weighted by atomic mass is 10.1. The summed E-state index contributed by atoms with van der Waals surface area (Å²) < 4.78 is 65.0. The Kier molecular flexibility index (Phi) is 5.83. The molecule has 0 unspecified atom stereocenters. The van der Waals surface area contributed by atoms with Crippen molar-refractivity contribution in [1.29, 1.82) is 0 Å². The number of hydrogen-bond donors (Lipinski definition) is 1. The topological polar surface area (TPSA) is 69.7 Å². The highest BCUT2D eigenvalue weighted by molar-refractivity contribution is 7.92. The van der Waals surface area contributed by atoms with Gasteiger partial charge in [-0.05, 0) is 67.6 Å². The van der Waals surface area contributed by atoms with Crippen molar-refractivity contribution in [3.05, 3.63) is 53.1 Å². The maximum absolute atomic E-state index is 13.3. The molecule has 172 valence electrons. The first kappa shape index (κ1) is 22.4. The van der Waals surface area contributed by atoms with E-state index in [0.29, 0.717) is 43.0 Å². The van der Waals surface area contributed by atoms with Crippen molar-refractivity contribution in [2.24, 2.45) is 0 Å². The number of benzene rings is 2. The van der Waals surface area contributed by atoms with Crippen LogP contribution in [0.1, 0.15) is 40.7 Å². The summed E-state index contributed by atoms with van der Waals surface area (Å²) in [6.07, 6.45) is 0.0117. The van der Waals surface area contributed by atoms with Crippen LogP contribution in [0.2, 0.25) is 0 Å². The summed E-state index contributed by atoms with van der Waals surface area (Å²) in [4.78, 5) is 14.9. The van der Waals surface area contributed by atoms with Gasteiger partial charge in [-0.3, -0.25) is 9.10 Å². The van der Waals surface area contributed by atoms with E-state index in [0.717, 1.165) is 37.7 Å². The minimum atomic E-state index is -4.53. The highest BCUT2D eigenvalue weighted by Gasteiger charge is 2.32. The van der Waals surface area contributed by atoms with Crippen LogP contribution >= 0.6 is 0 Å². The number of rotatable bonds is 4. The van der Waals surface area contributed by atoms with E-state index < -0.39 is 27.7 Å². The van der Waals surface area contributed by atoms with Crippen molar-refractivity contribution in [3.8, 4) is 0 Å². The first-order valence-corrected chi connectivity index (χ1v) is 12.3. The standard InChI is InChI=1S/C22H24F3N3O3S/c1-32(30,31)28-12-9-15-13-16(5-7-19(15)28)21(29)26-18-14-17(22(23,24)25)6-8-20(18)27-10-3-2-4-11-27/h5-8,13-14H,2-4,9-12H2,1H3,(H,26,29). The zero-order valence-corrected chi connectivity index (χ0v) is 18.4. The van der Waals surface area contributed by atoms with Crippen LogP contribution in [0, 0.1) is 0 Å². The van der Waals surface area contributed by atoms with E-state index in [1.807, 2.05) is 4.90 Å². The molecule has 32 heavy (non-hydrogen) atoms. The Morgan fingerprint density at radius 3 is 2.31 bits per heavy atom. The summed E-state index contributed by atoms with van der Waals surface area (Å²) in [5.74, 6) is -0.539.